The van der Waals surface area contributed by atoms with E-state index < -0.39 is 0 Å². The highest BCUT2D eigenvalue weighted by Crippen LogP contribution is 2.24. The van der Waals surface area contributed by atoms with Crippen LogP contribution >= 0.6 is 23.2 Å². The number of pyridine rings is 1. The van der Waals surface area contributed by atoms with Crippen LogP contribution in [0.2, 0.25) is 10.3 Å². The highest BCUT2D eigenvalue weighted by Gasteiger charge is 2.04. The van der Waals surface area contributed by atoms with Crippen LogP contribution in [-0.4, -0.2) is 14.8 Å². The quantitative estimate of drug-likeness (QED) is 0.756. The van der Waals surface area contributed by atoms with Gasteiger partial charge in [-0.1, -0.05) is 23.2 Å². The molecule has 0 radical (unpaired) electrons. The van der Waals surface area contributed by atoms with E-state index in [0.717, 1.165) is 17.7 Å². The molecule has 2 aromatic heterocycles. The van der Waals surface area contributed by atoms with Gasteiger partial charge in [-0.25, -0.2) is 4.98 Å². The molecule has 15 heavy (non-hydrogen) atoms. The molecule has 0 saturated carbocycles. The standard InChI is InChI=1S/C10H9Cl2N3/c1-2-15-6-8(5-13-15)7-3-9(11)14-10(12)4-7/h3-6H,2H2,1H3. The van der Waals surface area contributed by atoms with Crippen molar-refractivity contribution in [2.75, 3.05) is 0 Å². The lowest BCUT2D eigenvalue weighted by atomic mass is 10.1. The molecule has 2 heterocycles. The molecule has 0 N–H and O–H groups in total. The fourth-order valence-corrected chi connectivity index (χ4v) is 1.78. The smallest absolute Gasteiger partial charge is 0.131 e. The van der Waals surface area contributed by atoms with E-state index in [-0.39, 0.29) is 0 Å². The SMILES string of the molecule is CCn1cc(-c2cc(Cl)nc(Cl)c2)cn1. The molecule has 0 unspecified atom stereocenters. The van der Waals surface area contributed by atoms with Gasteiger partial charge in [0.15, 0.2) is 0 Å². The summed E-state index contributed by atoms with van der Waals surface area (Å²) in [6.45, 7) is 2.87. The van der Waals surface area contributed by atoms with Gasteiger partial charge in [-0.05, 0) is 24.6 Å². The third kappa shape index (κ3) is 2.30. The van der Waals surface area contributed by atoms with E-state index in [1.807, 2.05) is 17.8 Å². The minimum absolute atomic E-state index is 0.391. The first-order valence-corrected chi connectivity index (χ1v) is 5.30. The van der Waals surface area contributed by atoms with Crippen molar-refractivity contribution in [3.63, 3.8) is 0 Å². The molecular formula is C10H9Cl2N3. The molecule has 2 rings (SSSR count). The third-order valence-corrected chi connectivity index (χ3v) is 2.44. The molecule has 0 fully saturated rings. The molecular weight excluding hydrogens is 233 g/mol. The number of hydrogen-bond donors (Lipinski definition) is 0. The van der Waals surface area contributed by atoms with E-state index in [1.54, 1.807) is 18.3 Å². The van der Waals surface area contributed by atoms with Crippen LogP contribution in [0.25, 0.3) is 11.1 Å². The average Bonchev–Trinajstić information content (AvgIpc) is 2.64. The van der Waals surface area contributed by atoms with Crippen molar-refractivity contribution in [1.82, 2.24) is 14.8 Å². The minimum atomic E-state index is 0.391. The van der Waals surface area contributed by atoms with Crippen molar-refractivity contribution < 1.29 is 0 Å². The van der Waals surface area contributed by atoms with Crippen molar-refractivity contribution >= 4 is 23.2 Å². The van der Waals surface area contributed by atoms with E-state index in [9.17, 15) is 0 Å². The highest BCUT2D eigenvalue weighted by molar-refractivity contribution is 6.32. The molecule has 0 saturated heterocycles. The molecule has 0 aliphatic rings. The summed E-state index contributed by atoms with van der Waals surface area (Å²) in [4.78, 5) is 3.89. The maximum absolute atomic E-state index is 5.82. The van der Waals surface area contributed by atoms with Gasteiger partial charge in [0.05, 0.1) is 6.20 Å². The van der Waals surface area contributed by atoms with Gasteiger partial charge in [0.25, 0.3) is 0 Å². The van der Waals surface area contributed by atoms with Crippen molar-refractivity contribution in [3.8, 4) is 11.1 Å². The lowest BCUT2D eigenvalue weighted by Gasteiger charge is -1.98. The third-order valence-electron chi connectivity index (χ3n) is 2.05. The normalized spacial score (nSPS) is 10.6. The Morgan fingerprint density at radius 2 is 1.87 bits per heavy atom. The van der Waals surface area contributed by atoms with Gasteiger partial charge < -0.3 is 0 Å². The van der Waals surface area contributed by atoms with E-state index in [4.69, 9.17) is 23.2 Å². The van der Waals surface area contributed by atoms with E-state index >= 15 is 0 Å². The van der Waals surface area contributed by atoms with Crippen LogP contribution in [0.15, 0.2) is 24.5 Å². The predicted octanol–water partition coefficient (Wildman–Crippen LogP) is 3.27. The lowest BCUT2D eigenvalue weighted by molar-refractivity contribution is 0.660. The van der Waals surface area contributed by atoms with Gasteiger partial charge >= 0.3 is 0 Å². The molecule has 0 amide bonds. The van der Waals surface area contributed by atoms with Crippen LogP contribution < -0.4 is 0 Å². The molecule has 0 spiro atoms. The van der Waals surface area contributed by atoms with Gasteiger partial charge in [0, 0.05) is 18.3 Å². The summed E-state index contributed by atoms with van der Waals surface area (Å²) in [6.07, 6.45) is 3.73. The zero-order chi connectivity index (χ0) is 10.8. The number of aryl methyl sites for hydroxylation is 1. The van der Waals surface area contributed by atoms with Crippen LogP contribution in [0, 0.1) is 0 Å². The van der Waals surface area contributed by atoms with E-state index in [1.165, 1.54) is 0 Å². The summed E-state index contributed by atoms with van der Waals surface area (Å²) < 4.78 is 1.84. The van der Waals surface area contributed by atoms with Crippen LogP contribution in [0.3, 0.4) is 0 Å². The number of halogens is 2. The van der Waals surface area contributed by atoms with Gasteiger partial charge in [0.1, 0.15) is 10.3 Å². The number of hydrogen-bond acceptors (Lipinski definition) is 2. The Morgan fingerprint density at radius 3 is 2.40 bits per heavy atom. The molecule has 78 valence electrons. The van der Waals surface area contributed by atoms with Crippen molar-refractivity contribution in [1.29, 1.82) is 0 Å². The first kappa shape index (κ1) is 10.5. The van der Waals surface area contributed by atoms with Gasteiger partial charge in [-0.15, -0.1) is 0 Å². The van der Waals surface area contributed by atoms with Crippen LogP contribution in [0.5, 0.6) is 0 Å². The maximum Gasteiger partial charge on any atom is 0.131 e. The molecule has 3 nitrogen and oxygen atoms in total. The Bertz CT molecular complexity index is 459. The molecule has 2 aromatic rings. The molecule has 0 aromatic carbocycles. The summed E-state index contributed by atoms with van der Waals surface area (Å²) in [7, 11) is 0. The molecule has 0 bridgehead atoms. The molecule has 0 aliphatic carbocycles. The van der Waals surface area contributed by atoms with Crippen molar-refractivity contribution in [2.45, 2.75) is 13.5 Å². The van der Waals surface area contributed by atoms with E-state index in [2.05, 4.69) is 10.1 Å². The zero-order valence-corrected chi connectivity index (χ0v) is 9.63. The fraction of sp³-hybridized carbons (Fsp3) is 0.200. The van der Waals surface area contributed by atoms with Crippen molar-refractivity contribution in [2.24, 2.45) is 0 Å². The number of rotatable bonds is 2. The maximum atomic E-state index is 5.82. The average molecular weight is 242 g/mol. The van der Waals surface area contributed by atoms with Crippen molar-refractivity contribution in [3.05, 3.63) is 34.8 Å². The summed E-state index contributed by atoms with van der Waals surface area (Å²) in [5.41, 5.74) is 1.92. The lowest BCUT2D eigenvalue weighted by Crippen LogP contribution is -1.91. The second-order valence-electron chi connectivity index (χ2n) is 3.09. The molecule has 5 heteroatoms. The Morgan fingerprint density at radius 1 is 1.20 bits per heavy atom. The van der Waals surface area contributed by atoms with Gasteiger partial charge in [-0.3, -0.25) is 4.68 Å². The first-order valence-electron chi connectivity index (χ1n) is 4.55. The first-order chi connectivity index (χ1) is 7.19. The largest absolute Gasteiger partial charge is 0.272 e. The summed E-state index contributed by atoms with van der Waals surface area (Å²) in [6, 6.07) is 3.54. The number of nitrogens with zero attached hydrogens (tertiary/aromatic N) is 3. The zero-order valence-electron chi connectivity index (χ0n) is 8.11. The Hall–Kier alpha value is -1.06. The van der Waals surface area contributed by atoms with E-state index in [0.29, 0.717) is 10.3 Å². The van der Waals surface area contributed by atoms with Crippen LogP contribution in [0.4, 0.5) is 0 Å². The molecule has 0 aliphatic heterocycles. The minimum Gasteiger partial charge on any atom is -0.272 e. The Balaban J connectivity index is 2.44. The fourth-order valence-electron chi connectivity index (χ4n) is 1.32. The summed E-state index contributed by atoms with van der Waals surface area (Å²) >= 11 is 11.6. The van der Waals surface area contributed by atoms with Crippen LogP contribution in [0.1, 0.15) is 6.92 Å². The second kappa shape index (κ2) is 4.21. The van der Waals surface area contributed by atoms with Gasteiger partial charge in [0.2, 0.25) is 0 Å². The Labute approximate surface area is 97.7 Å². The monoisotopic (exact) mass is 241 g/mol. The second-order valence-corrected chi connectivity index (χ2v) is 3.86. The predicted molar refractivity (Wildman–Crippen MR) is 61.2 cm³/mol. The summed E-state index contributed by atoms with van der Waals surface area (Å²) in [5, 5.41) is 4.96. The van der Waals surface area contributed by atoms with Crippen LogP contribution in [-0.2, 0) is 6.54 Å². The highest BCUT2D eigenvalue weighted by atomic mass is 35.5. The Kier molecular flexibility index (Phi) is 2.93. The molecule has 0 atom stereocenters. The summed E-state index contributed by atoms with van der Waals surface area (Å²) in [5.74, 6) is 0. The van der Waals surface area contributed by atoms with Gasteiger partial charge in [-0.2, -0.15) is 5.10 Å². The number of aromatic nitrogens is 3. The topological polar surface area (TPSA) is 30.7 Å².